The van der Waals surface area contributed by atoms with E-state index in [0.29, 0.717) is 0 Å². The molecule has 2 aromatic carbocycles. The molecule has 3 N–H and O–H groups in total. The van der Waals surface area contributed by atoms with Gasteiger partial charge in [-0.1, -0.05) is 24.3 Å². The fourth-order valence-electron chi connectivity index (χ4n) is 1.68. The summed E-state index contributed by atoms with van der Waals surface area (Å²) in [6.45, 7) is 1.96. The third-order valence-corrected chi connectivity index (χ3v) is 2.72. The van der Waals surface area contributed by atoms with Crippen molar-refractivity contribution < 1.29 is 9.84 Å². The Kier molecular flexibility index (Phi) is 3.97. The van der Waals surface area contributed by atoms with Gasteiger partial charge in [0.15, 0.2) is 0 Å². The Morgan fingerprint density at radius 2 is 1.83 bits per heavy atom. The van der Waals surface area contributed by atoms with Gasteiger partial charge in [0, 0.05) is 6.04 Å². The molecule has 0 aliphatic rings. The number of aliphatic hydroxyl groups excluding tert-OH is 1. The van der Waals surface area contributed by atoms with E-state index >= 15 is 0 Å². The highest BCUT2D eigenvalue weighted by atomic mass is 16.5. The lowest BCUT2D eigenvalue weighted by Crippen LogP contribution is -2.04. The third-order valence-electron chi connectivity index (χ3n) is 2.72. The smallest absolute Gasteiger partial charge is 0.127 e. The van der Waals surface area contributed by atoms with Crippen LogP contribution in [0, 0.1) is 0 Å². The van der Waals surface area contributed by atoms with Crippen molar-refractivity contribution in [3.8, 4) is 11.5 Å². The van der Waals surface area contributed by atoms with E-state index in [9.17, 15) is 0 Å². The zero-order valence-corrected chi connectivity index (χ0v) is 10.3. The molecule has 3 nitrogen and oxygen atoms in total. The molecular formula is C15H17NO2. The van der Waals surface area contributed by atoms with Gasteiger partial charge in [-0.05, 0) is 42.3 Å². The largest absolute Gasteiger partial charge is 0.457 e. The SMILES string of the molecule is CC(N)c1ccc(Oc2cccc(CO)c2)cc1. The van der Waals surface area contributed by atoms with Crippen molar-refractivity contribution in [1.29, 1.82) is 0 Å². The molecule has 0 aliphatic carbocycles. The fourth-order valence-corrected chi connectivity index (χ4v) is 1.68. The van der Waals surface area contributed by atoms with Crippen LogP contribution in [0.1, 0.15) is 24.1 Å². The Morgan fingerprint density at radius 3 is 2.44 bits per heavy atom. The monoisotopic (exact) mass is 243 g/mol. The summed E-state index contributed by atoms with van der Waals surface area (Å²) in [6, 6.07) is 15.1. The summed E-state index contributed by atoms with van der Waals surface area (Å²) in [5.41, 5.74) is 7.69. The van der Waals surface area contributed by atoms with E-state index in [1.165, 1.54) is 0 Å². The van der Waals surface area contributed by atoms with Crippen LogP contribution >= 0.6 is 0 Å². The molecule has 0 aromatic heterocycles. The first-order valence-electron chi connectivity index (χ1n) is 5.92. The summed E-state index contributed by atoms with van der Waals surface area (Å²) in [5, 5.41) is 9.06. The first-order valence-corrected chi connectivity index (χ1v) is 5.92. The van der Waals surface area contributed by atoms with E-state index in [2.05, 4.69) is 0 Å². The van der Waals surface area contributed by atoms with Crippen molar-refractivity contribution in [2.75, 3.05) is 0 Å². The second-order valence-corrected chi connectivity index (χ2v) is 4.27. The van der Waals surface area contributed by atoms with Crippen LogP contribution in [-0.2, 0) is 6.61 Å². The van der Waals surface area contributed by atoms with E-state index in [1.807, 2.05) is 55.5 Å². The normalized spacial score (nSPS) is 12.2. The van der Waals surface area contributed by atoms with Crippen LogP contribution in [0.2, 0.25) is 0 Å². The van der Waals surface area contributed by atoms with E-state index in [0.717, 1.165) is 22.6 Å². The van der Waals surface area contributed by atoms with Crippen LogP contribution in [0.25, 0.3) is 0 Å². The molecule has 18 heavy (non-hydrogen) atoms. The Morgan fingerprint density at radius 1 is 1.11 bits per heavy atom. The number of hydrogen-bond acceptors (Lipinski definition) is 3. The lowest BCUT2D eigenvalue weighted by molar-refractivity contribution is 0.281. The fraction of sp³-hybridized carbons (Fsp3) is 0.200. The van der Waals surface area contributed by atoms with Crippen LogP contribution in [0.3, 0.4) is 0 Å². The highest BCUT2D eigenvalue weighted by molar-refractivity contribution is 5.35. The van der Waals surface area contributed by atoms with Crippen molar-refractivity contribution >= 4 is 0 Å². The van der Waals surface area contributed by atoms with Gasteiger partial charge >= 0.3 is 0 Å². The number of rotatable bonds is 4. The number of hydrogen-bond donors (Lipinski definition) is 2. The first-order chi connectivity index (χ1) is 8.69. The summed E-state index contributed by atoms with van der Waals surface area (Å²) in [7, 11) is 0. The number of ether oxygens (including phenoxy) is 1. The van der Waals surface area contributed by atoms with Crippen molar-refractivity contribution in [2.45, 2.75) is 19.6 Å². The molecule has 94 valence electrons. The molecule has 3 heteroatoms. The molecule has 2 rings (SSSR count). The molecular weight excluding hydrogens is 226 g/mol. The van der Waals surface area contributed by atoms with Crippen molar-refractivity contribution in [3.05, 3.63) is 59.7 Å². The molecule has 0 radical (unpaired) electrons. The summed E-state index contributed by atoms with van der Waals surface area (Å²) in [5.74, 6) is 1.48. The predicted octanol–water partition coefficient (Wildman–Crippen LogP) is 2.99. The molecule has 1 atom stereocenters. The molecule has 0 amide bonds. The molecule has 1 unspecified atom stereocenters. The average Bonchev–Trinajstić information content (AvgIpc) is 2.39. The van der Waals surface area contributed by atoms with Gasteiger partial charge in [-0.15, -0.1) is 0 Å². The van der Waals surface area contributed by atoms with Crippen molar-refractivity contribution in [3.63, 3.8) is 0 Å². The Labute approximate surface area is 107 Å². The van der Waals surface area contributed by atoms with Gasteiger partial charge in [0.25, 0.3) is 0 Å². The maximum absolute atomic E-state index is 9.06. The van der Waals surface area contributed by atoms with E-state index in [4.69, 9.17) is 15.6 Å². The van der Waals surface area contributed by atoms with Gasteiger partial charge in [0.2, 0.25) is 0 Å². The van der Waals surface area contributed by atoms with Gasteiger partial charge in [0.05, 0.1) is 6.61 Å². The minimum absolute atomic E-state index is 0.0147. The molecule has 0 saturated carbocycles. The minimum Gasteiger partial charge on any atom is -0.457 e. The Hall–Kier alpha value is -1.84. The first kappa shape index (κ1) is 12.6. The van der Waals surface area contributed by atoms with E-state index < -0.39 is 0 Å². The molecule has 0 fully saturated rings. The number of nitrogens with two attached hydrogens (primary N) is 1. The molecule has 0 saturated heterocycles. The molecule has 0 spiro atoms. The molecule has 2 aromatic rings. The third kappa shape index (κ3) is 3.09. The summed E-state index contributed by atoms with van der Waals surface area (Å²) in [4.78, 5) is 0. The summed E-state index contributed by atoms with van der Waals surface area (Å²) < 4.78 is 5.70. The topological polar surface area (TPSA) is 55.5 Å². The van der Waals surface area contributed by atoms with Crippen LogP contribution in [0.15, 0.2) is 48.5 Å². The van der Waals surface area contributed by atoms with Crippen LogP contribution in [-0.4, -0.2) is 5.11 Å². The second kappa shape index (κ2) is 5.67. The number of benzene rings is 2. The van der Waals surface area contributed by atoms with Gasteiger partial charge in [-0.3, -0.25) is 0 Å². The average molecular weight is 243 g/mol. The standard InChI is InChI=1S/C15H17NO2/c1-11(16)13-5-7-14(8-6-13)18-15-4-2-3-12(9-15)10-17/h2-9,11,17H,10,16H2,1H3. The molecule has 0 bridgehead atoms. The maximum Gasteiger partial charge on any atom is 0.127 e. The van der Waals surface area contributed by atoms with E-state index in [-0.39, 0.29) is 12.6 Å². The van der Waals surface area contributed by atoms with Gasteiger partial charge in [-0.2, -0.15) is 0 Å². The summed E-state index contributed by atoms with van der Waals surface area (Å²) in [6.07, 6.45) is 0. The highest BCUT2D eigenvalue weighted by Crippen LogP contribution is 2.23. The predicted molar refractivity (Wildman–Crippen MR) is 71.5 cm³/mol. The quantitative estimate of drug-likeness (QED) is 0.868. The van der Waals surface area contributed by atoms with Gasteiger partial charge < -0.3 is 15.6 Å². The van der Waals surface area contributed by atoms with Crippen molar-refractivity contribution in [1.82, 2.24) is 0 Å². The second-order valence-electron chi connectivity index (χ2n) is 4.27. The zero-order valence-electron chi connectivity index (χ0n) is 10.3. The van der Waals surface area contributed by atoms with Crippen LogP contribution in [0.4, 0.5) is 0 Å². The Bertz CT molecular complexity index is 506. The lowest BCUT2D eigenvalue weighted by Gasteiger charge is -2.09. The Balaban J connectivity index is 2.13. The number of aliphatic hydroxyl groups is 1. The molecule has 0 aliphatic heterocycles. The van der Waals surface area contributed by atoms with Gasteiger partial charge in [0.1, 0.15) is 11.5 Å². The van der Waals surface area contributed by atoms with Crippen LogP contribution < -0.4 is 10.5 Å². The highest BCUT2D eigenvalue weighted by Gasteiger charge is 2.01. The lowest BCUT2D eigenvalue weighted by atomic mass is 10.1. The van der Waals surface area contributed by atoms with E-state index in [1.54, 1.807) is 0 Å². The zero-order chi connectivity index (χ0) is 13.0. The maximum atomic E-state index is 9.06. The van der Waals surface area contributed by atoms with Crippen LogP contribution in [0.5, 0.6) is 11.5 Å². The summed E-state index contributed by atoms with van der Waals surface area (Å²) >= 11 is 0. The molecule has 0 heterocycles. The minimum atomic E-state index is 0.0147. The van der Waals surface area contributed by atoms with Crippen molar-refractivity contribution in [2.24, 2.45) is 5.73 Å². The van der Waals surface area contributed by atoms with Gasteiger partial charge in [-0.25, -0.2) is 0 Å².